The molecule has 0 N–H and O–H groups in total. The molecular formula is C15H15ClN4O. The molecule has 0 bridgehead atoms. The molecular weight excluding hydrogens is 288 g/mol. The second-order valence-corrected chi connectivity index (χ2v) is 5.34. The van der Waals surface area contributed by atoms with Gasteiger partial charge >= 0.3 is 6.03 Å². The molecule has 0 radical (unpaired) electrons. The minimum atomic E-state index is -0.0680. The van der Waals surface area contributed by atoms with E-state index in [0.717, 1.165) is 11.4 Å². The molecule has 5 nitrogen and oxygen atoms in total. The number of nitrogens with zero attached hydrogens (tertiary/aromatic N) is 4. The topological polar surface area (TPSA) is 39.7 Å². The fourth-order valence-corrected chi connectivity index (χ4v) is 2.51. The van der Waals surface area contributed by atoms with Gasteiger partial charge in [-0.05, 0) is 31.3 Å². The van der Waals surface area contributed by atoms with Gasteiger partial charge in [-0.1, -0.05) is 29.8 Å². The normalized spacial score (nSPS) is 16.4. The molecule has 0 aliphatic carbocycles. The highest BCUT2D eigenvalue weighted by atomic mass is 35.5. The minimum Gasteiger partial charge on any atom is -0.280 e. The monoisotopic (exact) mass is 302 g/mol. The molecule has 1 aromatic heterocycles. The van der Waals surface area contributed by atoms with Gasteiger partial charge in [0.15, 0.2) is 0 Å². The van der Waals surface area contributed by atoms with Crippen LogP contribution in [0.2, 0.25) is 5.15 Å². The van der Waals surface area contributed by atoms with Crippen molar-refractivity contribution in [1.29, 1.82) is 0 Å². The van der Waals surface area contributed by atoms with Gasteiger partial charge in [-0.15, -0.1) is 0 Å². The second-order valence-electron chi connectivity index (χ2n) is 4.95. The number of rotatable bonds is 2. The molecule has 6 heteroatoms. The fourth-order valence-electron chi connectivity index (χ4n) is 2.35. The summed E-state index contributed by atoms with van der Waals surface area (Å²) in [5.41, 5.74) is 1.62. The molecule has 0 spiro atoms. The van der Waals surface area contributed by atoms with Crippen molar-refractivity contribution < 1.29 is 4.79 Å². The first kappa shape index (κ1) is 13.9. The molecule has 2 heterocycles. The highest BCUT2D eigenvalue weighted by molar-refractivity contribution is 6.29. The maximum atomic E-state index is 12.7. The predicted octanol–water partition coefficient (Wildman–Crippen LogP) is 3.03. The SMILES string of the molecule is CN1CN(c2ccccc2)C(=O)N(c2ccnc(Cl)c2)C1. The van der Waals surface area contributed by atoms with E-state index in [1.165, 1.54) is 0 Å². The average molecular weight is 303 g/mol. The van der Waals surface area contributed by atoms with Crippen molar-refractivity contribution in [1.82, 2.24) is 9.88 Å². The maximum absolute atomic E-state index is 12.7. The van der Waals surface area contributed by atoms with Crippen LogP contribution in [0.1, 0.15) is 0 Å². The Kier molecular flexibility index (Phi) is 3.77. The lowest BCUT2D eigenvalue weighted by molar-refractivity contribution is 0.226. The number of carbonyl (C=O) groups is 1. The Balaban J connectivity index is 1.94. The lowest BCUT2D eigenvalue weighted by Gasteiger charge is -2.40. The van der Waals surface area contributed by atoms with Gasteiger partial charge in [0, 0.05) is 11.9 Å². The zero-order valence-electron chi connectivity index (χ0n) is 11.6. The molecule has 21 heavy (non-hydrogen) atoms. The molecule has 1 saturated heterocycles. The van der Waals surface area contributed by atoms with Crippen molar-refractivity contribution in [3.63, 3.8) is 0 Å². The summed E-state index contributed by atoms with van der Waals surface area (Å²) in [6.07, 6.45) is 1.60. The number of para-hydroxylation sites is 1. The summed E-state index contributed by atoms with van der Waals surface area (Å²) in [7, 11) is 1.97. The number of anilines is 2. The van der Waals surface area contributed by atoms with Crippen LogP contribution in [0.3, 0.4) is 0 Å². The van der Waals surface area contributed by atoms with E-state index >= 15 is 0 Å². The number of hydrogen-bond donors (Lipinski definition) is 0. The number of hydrogen-bond acceptors (Lipinski definition) is 3. The molecule has 0 unspecified atom stereocenters. The third-order valence-corrected chi connectivity index (χ3v) is 3.52. The van der Waals surface area contributed by atoms with Gasteiger partial charge < -0.3 is 0 Å². The molecule has 2 aromatic rings. The molecule has 1 aliphatic heterocycles. The van der Waals surface area contributed by atoms with E-state index in [-0.39, 0.29) is 6.03 Å². The quantitative estimate of drug-likeness (QED) is 0.801. The largest absolute Gasteiger partial charge is 0.331 e. The smallest absolute Gasteiger partial charge is 0.280 e. The van der Waals surface area contributed by atoms with Gasteiger partial charge in [0.2, 0.25) is 0 Å². The van der Waals surface area contributed by atoms with Gasteiger partial charge in [-0.2, -0.15) is 0 Å². The van der Waals surface area contributed by atoms with E-state index < -0.39 is 0 Å². The molecule has 1 aromatic carbocycles. The van der Waals surface area contributed by atoms with E-state index in [0.29, 0.717) is 18.5 Å². The van der Waals surface area contributed by atoms with Crippen molar-refractivity contribution in [2.75, 3.05) is 30.2 Å². The van der Waals surface area contributed by atoms with Crippen LogP contribution >= 0.6 is 11.6 Å². The average Bonchev–Trinajstić information content (AvgIpc) is 2.50. The second kappa shape index (κ2) is 5.71. The summed E-state index contributed by atoms with van der Waals surface area (Å²) in [6, 6.07) is 13.0. The zero-order valence-corrected chi connectivity index (χ0v) is 12.4. The Hall–Kier alpha value is -2.11. The summed E-state index contributed by atoms with van der Waals surface area (Å²) in [5.74, 6) is 0. The van der Waals surface area contributed by atoms with Gasteiger partial charge in [0.25, 0.3) is 0 Å². The molecule has 3 rings (SSSR count). The number of halogens is 1. The van der Waals surface area contributed by atoms with Crippen molar-refractivity contribution in [3.8, 4) is 0 Å². The lowest BCUT2D eigenvalue weighted by Crippen LogP contribution is -2.57. The number of pyridine rings is 1. The van der Waals surface area contributed by atoms with Gasteiger partial charge in [-0.25, -0.2) is 9.78 Å². The first-order valence-electron chi connectivity index (χ1n) is 6.59. The van der Waals surface area contributed by atoms with E-state index in [9.17, 15) is 4.79 Å². The number of amides is 2. The lowest BCUT2D eigenvalue weighted by atomic mass is 10.3. The minimum absolute atomic E-state index is 0.0680. The summed E-state index contributed by atoms with van der Waals surface area (Å²) in [4.78, 5) is 22.2. The Labute approximate surface area is 128 Å². The fraction of sp³-hybridized carbons (Fsp3) is 0.200. The predicted molar refractivity (Wildman–Crippen MR) is 83.5 cm³/mol. The van der Waals surface area contributed by atoms with Crippen molar-refractivity contribution in [3.05, 3.63) is 53.8 Å². The molecule has 1 aliphatic rings. The number of benzene rings is 1. The van der Waals surface area contributed by atoms with Crippen molar-refractivity contribution in [2.45, 2.75) is 0 Å². The Morgan fingerprint density at radius 2 is 1.71 bits per heavy atom. The molecule has 0 saturated carbocycles. The van der Waals surface area contributed by atoms with Crippen LogP contribution in [0.4, 0.5) is 16.2 Å². The number of carbonyl (C=O) groups excluding carboxylic acids is 1. The van der Waals surface area contributed by atoms with Crippen molar-refractivity contribution in [2.24, 2.45) is 0 Å². The highest BCUT2D eigenvalue weighted by Crippen LogP contribution is 2.25. The Morgan fingerprint density at radius 3 is 2.38 bits per heavy atom. The number of urea groups is 1. The molecule has 1 fully saturated rings. The summed E-state index contributed by atoms with van der Waals surface area (Å²) < 4.78 is 0. The summed E-state index contributed by atoms with van der Waals surface area (Å²) in [6.45, 7) is 1.07. The molecule has 108 valence electrons. The van der Waals surface area contributed by atoms with E-state index in [2.05, 4.69) is 9.88 Å². The third-order valence-electron chi connectivity index (χ3n) is 3.32. The van der Waals surface area contributed by atoms with E-state index in [1.807, 2.05) is 37.4 Å². The van der Waals surface area contributed by atoms with Crippen molar-refractivity contribution >= 4 is 29.0 Å². The van der Waals surface area contributed by atoms with Crippen LogP contribution in [0.25, 0.3) is 0 Å². The van der Waals surface area contributed by atoms with Crippen LogP contribution < -0.4 is 9.80 Å². The first-order chi connectivity index (χ1) is 10.1. The third kappa shape index (κ3) is 2.84. The van der Waals surface area contributed by atoms with E-state index in [4.69, 9.17) is 11.6 Å². The molecule has 0 atom stereocenters. The number of aromatic nitrogens is 1. The molecule has 2 amide bonds. The summed E-state index contributed by atoms with van der Waals surface area (Å²) >= 11 is 5.93. The maximum Gasteiger partial charge on any atom is 0.331 e. The zero-order chi connectivity index (χ0) is 14.8. The standard InChI is InChI=1S/C15H15ClN4O/c1-18-10-19(12-5-3-2-4-6-12)15(21)20(11-18)13-7-8-17-14(16)9-13/h2-9H,10-11H2,1H3. The Bertz CT molecular complexity index is 649. The van der Waals surface area contributed by atoms with Gasteiger partial charge in [0.05, 0.1) is 19.0 Å². The first-order valence-corrected chi connectivity index (χ1v) is 6.97. The van der Waals surface area contributed by atoms with E-state index in [1.54, 1.807) is 28.1 Å². The summed E-state index contributed by atoms with van der Waals surface area (Å²) in [5, 5.41) is 0.375. The van der Waals surface area contributed by atoms with Crippen LogP contribution in [0.5, 0.6) is 0 Å². The van der Waals surface area contributed by atoms with Crippen LogP contribution in [-0.4, -0.2) is 36.3 Å². The van der Waals surface area contributed by atoms with Gasteiger partial charge in [-0.3, -0.25) is 14.7 Å². The van der Waals surface area contributed by atoms with Crippen LogP contribution in [0.15, 0.2) is 48.7 Å². The van der Waals surface area contributed by atoms with Gasteiger partial charge in [0.1, 0.15) is 5.15 Å². The van der Waals surface area contributed by atoms with Crippen LogP contribution in [0, 0.1) is 0 Å². The highest BCUT2D eigenvalue weighted by Gasteiger charge is 2.30. The van der Waals surface area contributed by atoms with Crippen LogP contribution in [-0.2, 0) is 0 Å². The Morgan fingerprint density at radius 1 is 1.05 bits per heavy atom.